The minimum Gasteiger partial charge on any atom is -0.371 e. The van der Waals surface area contributed by atoms with Crippen molar-refractivity contribution in [2.75, 3.05) is 43.0 Å². The van der Waals surface area contributed by atoms with Crippen LogP contribution in [-0.4, -0.2) is 59.3 Å². The number of nitrogens with zero attached hydrogens (tertiary/aromatic N) is 4. The molecule has 0 aliphatic carbocycles. The molecule has 2 fully saturated rings. The Labute approximate surface area is 170 Å². The quantitative estimate of drug-likeness (QED) is 0.807. The summed E-state index contributed by atoms with van der Waals surface area (Å²) in [5.41, 5.74) is 2.59. The van der Waals surface area contributed by atoms with Crippen molar-refractivity contribution in [3.63, 3.8) is 0 Å². The number of anilines is 2. The van der Waals surface area contributed by atoms with Crippen molar-refractivity contribution < 1.29 is 14.3 Å². The number of carbonyl (C=O) groups excluding carboxylic acids is 2. The molecule has 0 unspecified atom stereocenters. The number of morpholine rings is 1. The van der Waals surface area contributed by atoms with Gasteiger partial charge < -0.3 is 15.0 Å². The van der Waals surface area contributed by atoms with E-state index in [9.17, 15) is 9.59 Å². The lowest BCUT2D eigenvalue weighted by molar-refractivity contribution is -0.119. The van der Waals surface area contributed by atoms with Gasteiger partial charge in [0.1, 0.15) is 0 Å². The highest BCUT2D eigenvalue weighted by atomic mass is 16.5. The smallest absolute Gasteiger partial charge is 0.238 e. The third-order valence-corrected chi connectivity index (χ3v) is 5.38. The van der Waals surface area contributed by atoms with Crippen molar-refractivity contribution in [1.29, 1.82) is 0 Å². The summed E-state index contributed by atoms with van der Waals surface area (Å²) in [6.45, 7) is 5.86. The number of carbonyl (C=O) groups is 2. The second-order valence-electron chi connectivity index (χ2n) is 7.47. The van der Waals surface area contributed by atoms with Gasteiger partial charge in [0.25, 0.3) is 0 Å². The molecule has 2 aliphatic rings. The summed E-state index contributed by atoms with van der Waals surface area (Å²) < 4.78 is 7.75. The van der Waals surface area contributed by atoms with Crippen molar-refractivity contribution >= 4 is 23.2 Å². The molecular weight excluding hydrogens is 370 g/mol. The van der Waals surface area contributed by atoms with Crippen molar-refractivity contribution in [1.82, 2.24) is 14.7 Å². The number of rotatable bonds is 6. The maximum absolute atomic E-state index is 12.6. The minimum atomic E-state index is -0.0696. The highest BCUT2D eigenvalue weighted by molar-refractivity contribution is 5.97. The largest absolute Gasteiger partial charge is 0.371 e. The Balaban J connectivity index is 1.34. The van der Waals surface area contributed by atoms with Gasteiger partial charge in [-0.05, 0) is 31.5 Å². The average molecular weight is 397 g/mol. The van der Waals surface area contributed by atoms with Crippen LogP contribution in [0.2, 0.25) is 0 Å². The molecule has 1 N–H and O–H groups in total. The van der Waals surface area contributed by atoms with Gasteiger partial charge >= 0.3 is 0 Å². The Bertz CT molecular complexity index is 881. The summed E-state index contributed by atoms with van der Waals surface area (Å²) in [4.78, 5) is 28.4. The van der Waals surface area contributed by atoms with Gasteiger partial charge in [-0.15, -0.1) is 0 Å². The van der Waals surface area contributed by atoms with Crippen LogP contribution in [0.15, 0.2) is 36.7 Å². The van der Waals surface area contributed by atoms with E-state index in [4.69, 9.17) is 4.74 Å². The molecule has 2 amide bonds. The lowest BCUT2D eigenvalue weighted by Gasteiger charge is -2.32. The summed E-state index contributed by atoms with van der Waals surface area (Å²) in [7, 11) is 0. The second kappa shape index (κ2) is 8.75. The molecule has 1 aromatic heterocycles. The highest BCUT2D eigenvalue weighted by Gasteiger charge is 2.25. The van der Waals surface area contributed by atoms with Crippen LogP contribution in [-0.2, 0) is 20.9 Å². The molecule has 29 heavy (non-hydrogen) atoms. The third-order valence-electron chi connectivity index (χ3n) is 5.38. The second-order valence-corrected chi connectivity index (χ2v) is 7.47. The Morgan fingerprint density at radius 2 is 2.24 bits per heavy atom. The Kier molecular flexibility index (Phi) is 5.92. The number of aromatic nitrogens is 2. The normalized spacial score (nSPS) is 20.2. The number of hydrogen-bond acceptors (Lipinski definition) is 5. The fraction of sp³-hybridized carbons (Fsp3) is 0.476. The van der Waals surface area contributed by atoms with E-state index in [0.717, 1.165) is 30.8 Å². The zero-order valence-corrected chi connectivity index (χ0v) is 16.7. The van der Waals surface area contributed by atoms with Crippen molar-refractivity contribution in [3.8, 4) is 0 Å². The van der Waals surface area contributed by atoms with Crippen LogP contribution >= 0.6 is 0 Å². The van der Waals surface area contributed by atoms with E-state index in [1.807, 2.05) is 48.3 Å². The third kappa shape index (κ3) is 4.65. The highest BCUT2D eigenvalue weighted by Crippen LogP contribution is 2.25. The van der Waals surface area contributed by atoms with Crippen LogP contribution in [0.3, 0.4) is 0 Å². The molecular formula is C21H27N5O3. The number of ether oxygens (including phenoxy) is 1. The Morgan fingerprint density at radius 1 is 1.34 bits per heavy atom. The van der Waals surface area contributed by atoms with E-state index < -0.39 is 0 Å². The fourth-order valence-corrected chi connectivity index (χ4v) is 3.84. The van der Waals surface area contributed by atoms with Gasteiger partial charge in [0, 0.05) is 55.7 Å². The number of hydrogen-bond donors (Lipinski definition) is 1. The molecule has 0 spiro atoms. The average Bonchev–Trinajstić information content (AvgIpc) is 3.37. The predicted octanol–water partition coefficient (Wildman–Crippen LogP) is 2.04. The van der Waals surface area contributed by atoms with Gasteiger partial charge in [-0.25, -0.2) is 0 Å². The van der Waals surface area contributed by atoms with Crippen LogP contribution in [0.1, 0.15) is 31.4 Å². The molecule has 1 atom stereocenters. The first-order valence-electron chi connectivity index (χ1n) is 10.2. The van der Waals surface area contributed by atoms with Gasteiger partial charge in [-0.3, -0.25) is 19.2 Å². The minimum absolute atomic E-state index is 0.0682. The van der Waals surface area contributed by atoms with Gasteiger partial charge in [-0.2, -0.15) is 5.10 Å². The van der Waals surface area contributed by atoms with E-state index in [2.05, 4.69) is 15.3 Å². The first-order valence-corrected chi connectivity index (χ1v) is 10.2. The van der Waals surface area contributed by atoms with E-state index in [1.165, 1.54) is 0 Å². The standard InChI is InChI=1S/C21H27N5O3/c1-2-25-13-16(12-22-25)19-14-24(9-10-29-19)15-20(27)23-17-5-3-6-18(11-17)26-8-4-7-21(26)28/h3,5-6,11-13,19H,2,4,7-10,14-15H2,1H3,(H,23,27)/t19-/m1/s1. The molecule has 2 saturated heterocycles. The SMILES string of the molecule is CCn1cc([C@H]2CN(CC(=O)Nc3cccc(N4CCCC4=O)c3)CCO2)cn1. The number of benzene rings is 1. The van der Waals surface area contributed by atoms with Crippen LogP contribution in [0.25, 0.3) is 0 Å². The van der Waals surface area contributed by atoms with Gasteiger partial charge in [-0.1, -0.05) is 6.07 Å². The molecule has 2 aromatic rings. The fourth-order valence-electron chi connectivity index (χ4n) is 3.84. The predicted molar refractivity (Wildman–Crippen MR) is 110 cm³/mol. The summed E-state index contributed by atoms with van der Waals surface area (Å²) in [5, 5.41) is 7.27. The van der Waals surface area contributed by atoms with Crippen molar-refractivity contribution in [2.24, 2.45) is 0 Å². The molecule has 2 aliphatic heterocycles. The maximum Gasteiger partial charge on any atom is 0.238 e. The molecule has 0 radical (unpaired) electrons. The summed E-state index contributed by atoms with van der Waals surface area (Å²) in [6.07, 6.45) is 5.24. The summed E-state index contributed by atoms with van der Waals surface area (Å²) in [6, 6.07) is 7.49. The molecule has 3 heterocycles. The zero-order chi connectivity index (χ0) is 20.2. The number of aryl methyl sites for hydroxylation is 1. The van der Waals surface area contributed by atoms with E-state index in [1.54, 1.807) is 4.90 Å². The molecule has 4 rings (SSSR count). The monoisotopic (exact) mass is 397 g/mol. The van der Waals surface area contributed by atoms with E-state index >= 15 is 0 Å². The Hall–Kier alpha value is -2.71. The Morgan fingerprint density at radius 3 is 3.00 bits per heavy atom. The van der Waals surface area contributed by atoms with E-state index in [-0.39, 0.29) is 17.9 Å². The molecule has 0 saturated carbocycles. The molecule has 154 valence electrons. The van der Waals surface area contributed by atoms with E-state index in [0.29, 0.717) is 38.3 Å². The summed E-state index contributed by atoms with van der Waals surface area (Å²) in [5.74, 6) is 0.0685. The first kappa shape index (κ1) is 19.6. The van der Waals surface area contributed by atoms with Crippen molar-refractivity contribution in [3.05, 3.63) is 42.2 Å². The van der Waals surface area contributed by atoms with Gasteiger partial charge in [0.15, 0.2) is 0 Å². The molecule has 8 heteroatoms. The van der Waals surface area contributed by atoms with Crippen LogP contribution in [0, 0.1) is 0 Å². The number of nitrogens with one attached hydrogen (secondary N) is 1. The lowest BCUT2D eigenvalue weighted by Crippen LogP contribution is -2.42. The lowest BCUT2D eigenvalue weighted by atomic mass is 10.1. The van der Waals surface area contributed by atoms with Gasteiger partial charge in [0.2, 0.25) is 11.8 Å². The maximum atomic E-state index is 12.6. The first-order chi connectivity index (χ1) is 14.1. The molecule has 0 bridgehead atoms. The molecule has 1 aromatic carbocycles. The summed E-state index contributed by atoms with van der Waals surface area (Å²) >= 11 is 0. The zero-order valence-electron chi connectivity index (χ0n) is 16.7. The van der Waals surface area contributed by atoms with Crippen LogP contribution in [0.4, 0.5) is 11.4 Å². The molecule has 8 nitrogen and oxygen atoms in total. The van der Waals surface area contributed by atoms with Gasteiger partial charge in [0.05, 0.1) is 25.5 Å². The number of amides is 2. The van der Waals surface area contributed by atoms with Crippen LogP contribution in [0.5, 0.6) is 0 Å². The van der Waals surface area contributed by atoms with Crippen molar-refractivity contribution in [2.45, 2.75) is 32.4 Å². The van der Waals surface area contributed by atoms with Crippen LogP contribution < -0.4 is 10.2 Å². The topological polar surface area (TPSA) is 79.7 Å².